The Kier molecular flexibility index (Phi) is 11.0. The van der Waals surface area contributed by atoms with Crippen LogP contribution in [0, 0.1) is 0 Å². The summed E-state index contributed by atoms with van der Waals surface area (Å²) in [4.78, 5) is 11.2. The van der Waals surface area contributed by atoms with Gasteiger partial charge in [-0.3, -0.25) is 0 Å². The van der Waals surface area contributed by atoms with Crippen molar-refractivity contribution in [3.63, 3.8) is 0 Å². The van der Waals surface area contributed by atoms with Gasteiger partial charge in [0.2, 0.25) is 0 Å². The summed E-state index contributed by atoms with van der Waals surface area (Å²) in [5, 5.41) is 9.59. The zero-order chi connectivity index (χ0) is 19.6. The van der Waals surface area contributed by atoms with E-state index < -0.39 is 0 Å². The van der Waals surface area contributed by atoms with Gasteiger partial charge in [-0.25, -0.2) is 9.98 Å². The Labute approximate surface area is 188 Å². The van der Waals surface area contributed by atoms with Gasteiger partial charge in [-0.15, -0.1) is 35.3 Å². The van der Waals surface area contributed by atoms with Gasteiger partial charge in [0.1, 0.15) is 17.6 Å². The van der Waals surface area contributed by atoms with E-state index in [0.29, 0.717) is 13.1 Å². The third-order valence-corrected chi connectivity index (χ3v) is 4.66. The number of aliphatic imine (C=N–C) groups is 1. The van der Waals surface area contributed by atoms with Gasteiger partial charge in [-0.1, -0.05) is 6.07 Å². The van der Waals surface area contributed by atoms with Crippen LogP contribution in [0.2, 0.25) is 0 Å². The second-order valence-corrected chi connectivity index (χ2v) is 7.04. The Hall–Kier alpha value is -1.75. The summed E-state index contributed by atoms with van der Waals surface area (Å²) < 4.78 is 11.2. The Bertz CT molecular complexity index is 739. The van der Waals surface area contributed by atoms with Gasteiger partial charge in [0.15, 0.2) is 11.1 Å². The molecule has 28 heavy (non-hydrogen) atoms. The van der Waals surface area contributed by atoms with Crippen LogP contribution in [0.3, 0.4) is 0 Å². The van der Waals surface area contributed by atoms with Gasteiger partial charge in [0.05, 0.1) is 25.9 Å². The molecule has 1 atom stereocenters. The largest absolute Gasteiger partial charge is 0.497 e. The van der Waals surface area contributed by atoms with Crippen LogP contribution in [0.5, 0.6) is 11.5 Å². The Morgan fingerprint density at radius 3 is 2.68 bits per heavy atom. The summed E-state index contributed by atoms with van der Waals surface area (Å²) in [5.41, 5.74) is 0.960. The predicted molar refractivity (Wildman–Crippen MR) is 128 cm³/mol. The number of aromatic nitrogens is 1. The molecule has 2 aromatic rings. The number of ether oxygens (including phenoxy) is 2. The van der Waals surface area contributed by atoms with Crippen molar-refractivity contribution in [2.75, 3.05) is 39.2 Å². The van der Waals surface area contributed by atoms with E-state index in [-0.39, 0.29) is 30.1 Å². The topological polar surface area (TPSA) is 71.0 Å². The van der Waals surface area contributed by atoms with Gasteiger partial charge in [-0.2, -0.15) is 0 Å². The molecule has 0 saturated heterocycles. The number of thiazole rings is 1. The minimum Gasteiger partial charge on any atom is -0.497 e. The maximum absolute atomic E-state index is 5.94. The van der Waals surface area contributed by atoms with Gasteiger partial charge in [0, 0.05) is 32.1 Å². The van der Waals surface area contributed by atoms with Crippen LogP contribution < -0.4 is 25.0 Å². The Balaban J connectivity index is 0.00000392. The third-order valence-electron chi connectivity index (χ3n) is 3.60. The maximum Gasteiger partial charge on any atom is 0.191 e. The molecule has 7 nitrogen and oxygen atoms in total. The van der Waals surface area contributed by atoms with Crippen LogP contribution in [0.25, 0.3) is 0 Å². The third kappa shape index (κ3) is 8.09. The van der Waals surface area contributed by atoms with Crippen LogP contribution in [0.15, 0.2) is 34.6 Å². The number of hydrogen-bond donors (Lipinski definition) is 2. The molecule has 1 unspecified atom stereocenters. The minimum absolute atomic E-state index is 0. The smallest absolute Gasteiger partial charge is 0.191 e. The first-order valence-corrected chi connectivity index (χ1v) is 9.84. The van der Waals surface area contributed by atoms with Crippen molar-refractivity contribution in [3.05, 3.63) is 35.3 Å². The highest BCUT2D eigenvalue weighted by Gasteiger charge is 2.08. The van der Waals surface area contributed by atoms with Crippen molar-refractivity contribution in [1.29, 1.82) is 0 Å². The lowest BCUT2D eigenvalue weighted by Gasteiger charge is -2.18. The molecule has 9 heteroatoms. The minimum atomic E-state index is -0.0272. The molecule has 2 N–H and O–H groups in total. The van der Waals surface area contributed by atoms with Crippen molar-refractivity contribution in [2.24, 2.45) is 4.99 Å². The van der Waals surface area contributed by atoms with Gasteiger partial charge >= 0.3 is 0 Å². The second kappa shape index (κ2) is 12.7. The molecule has 0 spiro atoms. The average molecular weight is 519 g/mol. The molecule has 2 rings (SSSR count). The quantitative estimate of drug-likeness (QED) is 0.301. The van der Waals surface area contributed by atoms with E-state index in [9.17, 15) is 0 Å². The molecule has 156 valence electrons. The molecule has 0 aliphatic heterocycles. The van der Waals surface area contributed by atoms with Crippen molar-refractivity contribution in [2.45, 2.75) is 26.5 Å². The van der Waals surface area contributed by atoms with Crippen molar-refractivity contribution >= 4 is 46.4 Å². The van der Waals surface area contributed by atoms with E-state index in [0.717, 1.165) is 34.8 Å². The lowest BCUT2D eigenvalue weighted by molar-refractivity contribution is 0.223. The standard InChI is InChI=1S/C19H29N5O2S.HI/c1-6-20-18(22-12-15-13-27-19(23-15)24(3)4)21-11-14(2)26-17-9-7-8-16(10-17)25-5;/h7-10,13-14H,6,11-12H2,1-5H3,(H2,20,21,22);1H. The fraction of sp³-hybridized carbons (Fsp3) is 0.474. The lowest BCUT2D eigenvalue weighted by Crippen LogP contribution is -2.41. The fourth-order valence-corrected chi connectivity index (χ4v) is 3.01. The Morgan fingerprint density at radius 1 is 1.29 bits per heavy atom. The average Bonchev–Trinajstić information content (AvgIpc) is 3.13. The molecule has 0 fully saturated rings. The normalized spacial score (nSPS) is 12.0. The number of methoxy groups -OCH3 is 1. The molecular formula is C19H30IN5O2S. The highest BCUT2D eigenvalue weighted by atomic mass is 127. The fourth-order valence-electron chi connectivity index (χ4n) is 2.26. The number of anilines is 1. The predicted octanol–water partition coefficient (Wildman–Crippen LogP) is 3.36. The maximum atomic E-state index is 5.94. The molecule has 0 aliphatic rings. The number of benzene rings is 1. The summed E-state index contributed by atoms with van der Waals surface area (Å²) in [5.74, 6) is 2.31. The van der Waals surface area contributed by atoms with E-state index in [2.05, 4.69) is 20.6 Å². The molecule has 0 aliphatic carbocycles. The summed E-state index contributed by atoms with van der Waals surface area (Å²) >= 11 is 1.62. The van der Waals surface area contributed by atoms with Crippen molar-refractivity contribution in [3.8, 4) is 11.5 Å². The SMILES string of the molecule is CCNC(=NCc1csc(N(C)C)n1)NCC(C)Oc1cccc(OC)c1.I. The first-order chi connectivity index (χ1) is 13.0. The summed E-state index contributed by atoms with van der Waals surface area (Å²) in [6, 6.07) is 7.60. The van der Waals surface area contributed by atoms with E-state index in [1.807, 2.05) is 62.5 Å². The number of nitrogens with zero attached hydrogens (tertiary/aromatic N) is 3. The second-order valence-electron chi connectivity index (χ2n) is 6.20. The van der Waals surface area contributed by atoms with Crippen molar-refractivity contribution < 1.29 is 9.47 Å². The van der Waals surface area contributed by atoms with Crippen LogP contribution >= 0.6 is 35.3 Å². The molecule has 0 saturated carbocycles. The first-order valence-electron chi connectivity index (χ1n) is 8.96. The molecule has 1 aromatic heterocycles. The number of guanidine groups is 1. The van der Waals surface area contributed by atoms with E-state index in [1.54, 1.807) is 18.4 Å². The van der Waals surface area contributed by atoms with Crippen LogP contribution in [0.4, 0.5) is 5.13 Å². The summed E-state index contributed by atoms with van der Waals surface area (Å²) in [7, 11) is 5.62. The van der Waals surface area contributed by atoms with Gasteiger partial charge in [-0.05, 0) is 26.0 Å². The number of nitrogens with one attached hydrogen (secondary N) is 2. The summed E-state index contributed by atoms with van der Waals surface area (Å²) in [6.45, 7) is 6.00. The first kappa shape index (κ1) is 24.3. The number of halogens is 1. The summed E-state index contributed by atoms with van der Waals surface area (Å²) in [6.07, 6.45) is -0.0272. The van der Waals surface area contributed by atoms with Crippen LogP contribution in [-0.4, -0.2) is 51.3 Å². The number of hydrogen-bond acceptors (Lipinski definition) is 6. The molecule has 1 heterocycles. The van der Waals surface area contributed by atoms with Gasteiger partial charge < -0.3 is 25.0 Å². The molecular weight excluding hydrogens is 489 g/mol. The van der Waals surface area contributed by atoms with Gasteiger partial charge in [0.25, 0.3) is 0 Å². The molecule has 0 radical (unpaired) electrons. The van der Waals surface area contributed by atoms with Crippen molar-refractivity contribution in [1.82, 2.24) is 15.6 Å². The zero-order valence-corrected chi connectivity index (χ0v) is 20.2. The van der Waals surface area contributed by atoms with E-state index in [4.69, 9.17) is 9.47 Å². The van der Waals surface area contributed by atoms with E-state index >= 15 is 0 Å². The molecule has 0 amide bonds. The highest BCUT2D eigenvalue weighted by Crippen LogP contribution is 2.20. The molecule has 1 aromatic carbocycles. The number of rotatable bonds is 9. The monoisotopic (exact) mass is 519 g/mol. The Morgan fingerprint density at radius 2 is 2.04 bits per heavy atom. The van der Waals surface area contributed by atoms with Crippen LogP contribution in [-0.2, 0) is 6.54 Å². The lowest BCUT2D eigenvalue weighted by atomic mass is 10.3. The highest BCUT2D eigenvalue weighted by molar-refractivity contribution is 14.0. The zero-order valence-electron chi connectivity index (χ0n) is 17.1. The molecule has 0 bridgehead atoms. The van der Waals surface area contributed by atoms with Crippen LogP contribution in [0.1, 0.15) is 19.5 Å². The van der Waals surface area contributed by atoms with E-state index in [1.165, 1.54) is 0 Å².